The lowest BCUT2D eigenvalue weighted by Crippen LogP contribution is -2.36. The number of para-hydroxylation sites is 1. The molecular formula is C18H19ClFN3OS. The maximum absolute atomic E-state index is 13.9. The molecule has 0 N–H and O–H groups in total. The number of aromatic nitrogens is 1. The number of hydrogen-bond donors (Lipinski definition) is 0. The summed E-state index contributed by atoms with van der Waals surface area (Å²) in [7, 11) is 3.90. The van der Waals surface area contributed by atoms with Gasteiger partial charge in [-0.1, -0.05) is 35.6 Å². The van der Waals surface area contributed by atoms with Crippen molar-refractivity contribution in [2.75, 3.05) is 32.1 Å². The van der Waals surface area contributed by atoms with Crippen LogP contribution in [-0.2, 0) is 0 Å². The molecule has 0 saturated carbocycles. The fraction of sp³-hybridized carbons (Fsp3) is 0.222. The largest absolute Gasteiger partial charge is 0.308 e. The summed E-state index contributed by atoms with van der Waals surface area (Å²) in [6, 6.07) is 13.9. The molecule has 3 rings (SSSR count). The van der Waals surface area contributed by atoms with E-state index in [1.165, 1.54) is 17.4 Å². The normalized spacial score (nSPS) is 10.7. The number of anilines is 1. The Morgan fingerprint density at radius 1 is 1.08 bits per heavy atom. The molecular weight excluding hydrogens is 361 g/mol. The van der Waals surface area contributed by atoms with Crippen LogP contribution in [-0.4, -0.2) is 43.0 Å². The van der Waals surface area contributed by atoms with E-state index in [1.807, 2.05) is 43.3 Å². The zero-order chi connectivity index (χ0) is 17.1. The summed E-state index contributed by atoms with van der Waals surface area (Å²) >= 11 is 1.33. The van der Waals surface area contributed by atoms with Gasteiger partial charge in [0.1, 0.15) is 11.3 Å². The lowest BCUT2D eigenvalue weighted by Gasteiger charge is -2.22. The van der Waals surface area contributed by atoms with Gasteiger partial charge in [0.05, 0.1) is 4.70 Å². The number of fused-ring (bicyclic) bond motifs is 1. The first-order valence-corrected chi connectivity index (χ1v) is 8.44. The van der Waals surface area contributed by atoms with E-state index in [2.05, 4.69) is 4.98 Å². The van der Waals surface area contributed by atoms with E-state index in [0.29, 0.717) is 29.3 Å². The minimum Gasteiger partial charge on any atom is -0.308 e. The van der Waals surface area contributed by atoms with Crippen molar-refractivity contribution >= 4 is 45.0 Å². The average molecular weight is 380 g/mol. The quantitative estimate of drug-likeness (QED) is 0.670. The van der Waals surface area contributed by atoms with Crippen LogP contribution >= 0.6 is 23.7 Å². The Balaban J connectivity index is 0.00000225. The summed E-state index contributed by atoms with van der Waals surface area (Å²) in [5.41, 5.74) is 0.907. The van der Waals surface area contributed by atoms with Crippen LogP contribution in [0.15, 0.2) is 48.5 Å². The second-order valence-electron chi connectivity index (χ2n) is 5.71. The number of carbonyl (C=O) groups is 1. The number of halogens is 2. The van der Waals surface area contributed by atoms with Gasteiger partial charge in [0.25, 0.3) is 5.91 Å². The minimum absolute atomic E-state index is 0. The van der Waals surface area contributed by atoms with Crippen molar-refractivity contribution < 1.29 is 9.18 Å². The highest BCUT2D eigenvalue weighted by Gasteiger charge is 2.21. The van der Waals surface area contributed by atoms with E-state index in [1.54, 1.807) is 23.1 Å². The summed E-state index contributed by atoms with van der Waals surface area (Å²) in [4.78, 5) is 20.9. The summed E-state index contributed by atoms with van der Waals surface area (Å²) in [5.74, 6) is -0.494. The van der Waals surface area contributed by atoms with Crippen LogP contribution in [0.5, 0.6) is 0 Å². The van der Waals surface area contributed by atoms with E-state index >= 15 is 0 Å². The van der Waals surface area contributed by atoms with Crippen molar-refractivity contribution in [2.24, 2.45) is 0 Å². The van der Waals surface area contributed by atoms with Crippen molar-refractivity contribution in [3.8, 4) is 0 Å². The molecule has 0 bridgehead atoms. The molecule has 1 amide bonds. The first kappa shape index (κ1) is 19.3. The molecule has 3 aromatic rings. The number of hydrogen-bond acceptors (Lipinski definition) is 4. The molecule has 0 aliphatic heterocycles. The molecule has 1 aromatic heterocycles. The molecule has 132 valence electrons. The molecule has 7 heteroatoms. The highest BCUT2D eigenvalue weighted by atomic mass is 35.5. The Morgan fingerprint density at radius 3 is 2.44 bits per heavy atom. The van der Waals surface area contributed by atoms with Crippen LogP contribution in [0.2, 0.25) is 0 Å². The standard InChI is InChI=1S/C18H18FN3OS.ClH/c1-21(2)11-12-22(17(23)13-7-4-3-5-8-13)18-20-16-14(19)9-6-10-15(16)24-18;/h3-10H,11-12H2,1-2H3;1H. The second kappa shape index (κ2) is 8.38. The van der Waals surface area contributed by atoms with Gasteiger partial charge in [0.15, 0.2) is 5.13 Å². The molecule has 0 atom stereocenters. The van der Waals surface area contributed by atoms with Crippen LogP contribution < -0.4 is 4.90 Å². The first-order chi connectivity index (χ1) is 11.6. The Morgan fingerprint density at radius 2 is 1.80 bits per heavy atom. The van der Waals surface area contributed by atoms with E-state index in [0.717, 1.165) is 4.70 Å². The second-order valence-corrected chi connectivity index (χ2v) is 6.72. The van der Waals surface area contributed by atoms with Crippen molar-refractivity contribution in [3.05, 3.63) is 59.9 Å². The van der Waals surface area contributed by atoms with Crippen molar-refractivity contribution in [2.45, 2.75) is 0 Å². The third-order valence-corrected chi connectivity index (χ3v) is 4.67. The molecule has 0 saturated heterocycles. The van der Waals surface area contributed by atoms with Gasteiger partial charge in [0.2, 0.25) is 0 Å². The van der Waals surface area contributed by atoms with E-state index in [4.69, 9.17) is 0 Å². The third-order valence-electron chi connectivity index (χ3n) is 3.63. The molecule has 0 aliphatic carbocycles. The van der Waals surface area contributed by atoms with Crippen molar-refractivity contribution in [3.63, 3.8) is 0 Å². The zero-order valence-electron chi connectivity index (χ0n) is 14.0. The maximum atomic E-state index is 13.9. The Hall–Kier alpha value is -2.02. The smallest absolute Gasteiger partial charge is 0.260 e. The Kier molecular flexibility index (Phi) is 6.47. The first-order valence-electron chi connectivity index (χ1n) is 7.63. The fourth-order valence-corrected chi connectivity index (χ4v) is 3.34. The van der Waals surface area contributed by atoms with Crippen LogP contribution in [0.1, 0.15) is 10.4 Å². The lowest BCUT2D eigenvalue weighted by molar-refractivity contribution is 0.0985. The molecule has 25 heavy (non-hydrogen) atoms. The van der Waals surface area contributed by atoms with Crippen molar-refractivity contribution in [1.82, 2.24) is 9.88 Å². The Labute approximate surface area is 156 Å². The number of carbonyl (C=O) groups excluding carboxylic acids is 1. The van der Waals surface area contributed by atoms with Gasteiger partial charge in [-0.25, -0.2) is 9.37 Å². The topological polar surface area (TPSA) is 36.4 Å². The van der Waals surface area contributed by atoms with E-state index in [9.17, 15) is 9.18 Å². The molecule has 2 aromatic carbocycles. The number of amides is 1. The van der Waals surface area contributed by atoms with Crippen LogP contribution in [0.3, 0.4) is 0 Å². The van der Waals surface area contributed by atoms with Gasteiger partial charge in [-0.2, -0.15) is 0 Å². The van der Waals surface area contributed by atoms with Crippen molar-refractivity contribution in [1.29, 1.82) is 0 Å². The van der Waals surface area contributed by atoms with Crippen LogP contribution in [0.25, 0.3) is 10.2 Å². The summed E-state index contributed by atoms with van der Waals surface area (Å²) in [6.45, 7) is 1.18. The highest BCUT2D eigenvalue weighted by molar-refractivity contribution is 7.22. The third kappa shape index (κ3) is 4.34. The Bertz CT molecular complexity index is 854. The lowest BCUT2D eigenvalue weighted by atomic mass is 10.2. The average Bonchev–Trinajstić information content (AvgIpc) is 3.01. The molecule has 4 nitrogen and oxygen atoms in total. The van der Waals surface area contributed by atoms with Gasteiger partial charge >= 0.3 is 0 Å². The van der Waals surface area contributed by atoms with Gasteiger partial charge in [0, 0.05) is 18.7 Å². The zero-order valence-corrected chi connectivity index (χ0v) is 15.6. The fourth-order valence-electron chi connectivity index (χ4n) is 2.34. The summed E-state index contributed by atoms with van der Waals surface area (Å²) in [6.07, 6.45) is 0. The summed E-state index contributed by atoms with van der Waals surface area (Å²) in [5, 5.41) is 0.519. The minimum atomic E-state index is -0.366. The number of likely N-dealkylation sites (N-methyl/N-ethyl adjacent to an activating group) is 1. The molecule has 1 heterocycles. The monoisotopic (exact) mass is 379 g/mol. The van der Waals surface area contributed by atoms with Gasteiger partial charge < -0.3 is 4.90 Å². The van der Waals surface area contributed by atoms with E-state index in [-0.39, 0.29) is 24.1 Å². The number of rotatable bonds is 5. The number of benzene rings is 2. The molecule has 0 aliphatic rings. The highest BCUT2D eigenvalue weighted by Crippen LogP contribution is 2.31. The molecule has 0 spiro atoms. The van der Waals surface area contributed by atoms with Gasteiger partial charge in [-0.3, -0.25) is 9.69 Å². The van der Waals surface area contributed by atoms with Gasteiger partial charge in [-0.05, 0) is 38.4 Å². The SMILES string of the molecule is CN(C)CCN(C(=O)c1ccccc1)c1nc2c(F)cccc2s1.Cl. The number of nitrogens with zero attached hydrogens (tertiary/aromatic N) is 3. The maximum Gasteiger partial charge on any atom is 0.260 e. The predicted octanol–water partition coefficient (Wildman–Crippen LogP) is 4.07. The summed E-state index contributed by atoms with van der Waals surface area (Å²) < 4.78 is 14.7. The molecule has 0 radical (unpaired) electrons. The van der Waals surface area contributed by atoms with Gasteiger partial charge in [-0.15, -0.1) is 12.4 Å². The molecule has 0 unspecified atom stereocenters. The predicted molar refractivity (Wildman–Crippen MR) is 103 cm³/mol. The number of thiazole rings is 1. The van der Waals surface area contributed by atoms with Crippen LogP contribution in [0, 0.1) is 5.82 Å². The van der Waals surface area contributed by atoms with Crippen LogP contribution in [0.4, 0.5) is 9.52 Å². The molecule has 0 fully saturated rings. The van der Waals surface area contributed by atoms with E-state index < -0.39 is 0 Å².